The fraction of sp³-hybridized carbons (Fsp3) is 0.308. The Morgan fingerprint density at radius 1 is 1.43 bits per heavy atom. The van der Waals surface area contributed by atoms with Gasteiger partial charge in [-0.15, -0.1) is 0 Å². The standard InChI is InChI=1S/C13H16N4O5S/c1-15-8-10(7-14-15)9-16(2)23(20,21)13-5-4-11(22-3)6-12(13)17(18)19/h4-8H,9H2,1-3H3. The van der Waals surface area contributed by atoms with E-state index in [9.17, 15) is 18.5 Å². The molecule has 0 bridgehead atoms. The van der Waals surface area contributed by atoms with Crippen molar-refractivity contribution in [3.8, 4) is 5.75 Å². The topological polar surface area (TPSA) is 108 Å². The average molecular weight is 340 g/mol. The highest BCUT2D eigenvalue weighted by Gasteiger charge is 2.30. The van der Waals surface area contributed by atoms with E-state index < -0.39 is 20.6 Å². The van der Waals surface area contributed by atoms with Gasteiger partial charge < -0.3 is 4.74 Å². The smallest absolute Gasteiger partial charge is 0.293 e. The predicted molar refractivity (Wildman–Crippen MR) is 81.5 cm³/mol. The summed E-state index contributed by atoms with van der Waals surface area (Å²) >= 11 is 0. The number of aryl methyl sites for hydroxylation is 1. The zero-order chi connectivity index (χ0) is 17.2. The van der Waals surface area contributed by atoms with Gasteiger partial charge in [0.1, 0.15) is 5.75 Å². The van der Waals surface area contributed by atoms with E-state index in [1.165, 1.54) is 32.5 Å². The molecule has 1 heterocycles. The van der Waals surface area contributed by atoms with Crippen LogP contribution in [-0.2, 0) is 23.6 Å². The van der Waals surface area contributed by atoms with E-state index in [1.54, 1.807) is 17.9 Å². The van der Waals surface area contributed by atoms with Gasteiger partial charge in [0.15, 0.2) is 4.90 Å². The summed E-state index contributed by atoms with van der Waals surface area (Å²) in [7, 11) is 0.392. The second-order valence-corrected chi connectivity index (χ2v) is 6.89. The van der Waals surface area contributed by atoms with Crippen molar-refractivity contribution in [1.29, 1.82) is 0 Å². The largest absolute Gasteiger partial charge is 0.497 e. The molecule has 9 nitrogen and oxygen atoms in total. The third-order valence-electron chi connectivity index (χ3n) is 3.21. The van der Waals surface area contributed by atoms with Gasteiger partial charge in [-0.25, -0.2) is 8.42 Å². The van der Waals surface area contributed by atoms with Crippen molar-refractivity contribution in [1.82, 2.24) is 14.1 Å². The number of aromatic nitrogens is 2. The highest BCUT2D eigenvalue weighted by molar-refractivity contribution is 7.89. The van der Waals surface area contributed by atoms with Crippen molar-refractivity contribution < 1.29 is 18.1 Å². The molecular weight excluding hydrogens is 324 g/mol. The van der Waals surface area contributed by atoms with Gasteiger partial charge in [0.2, 0.25) is 10.0 Å². The number of sulfonamides is 1. The Morgan fingerprint density at radius 2 is 2.13 bits per heavy atom. The molecule has 10 heteroatoms. The third kappa shape index (κ3) is 3.48. The maximum Gasteiger partial charge on any atom is 0.293 e. The summed E-state index contributed by atoms with van der Waals surface area (Å²) in [6.45, 7) is 0.0549. The Balaban J connectivity index is 2.40. The summed E-state index contributed by atoms with van der Waals surface area (Å²) in [6.07, 6.45) is 3.21. The van der Waals surface area contributed by atoms with Crippen LogP contribution in [0.25, 0.3) is 0 Å². The molecule has 1 aromatic heterocycles. The van der Waals surface area contributed by atoms with Crippen molar-refractivity contribution in [3.63, 3.8) is 0 Å². The molecule has 2 rings (SSSR count). The minimum absolute atomic E-state index is 0.0549. The van der Waals surface area contributed by atoms with Crippen molar-refractivity contribution in [2.24, 2.45) is 7.05 Å². The number of nitrogens with zero attached hydrogens (tertiary/aromatic N) is 4. The molecule has 0 N–H and O–H groups in total. The molecule has 0 amide bonds. The SMILES string of the molecule is COc1ccc(S(=O)(=O)N(C)Cc2cnn(C)c2)c([N+](=O)[O-])c1. The molecule has 0 atom stereocenters. The summed E-state index contributed by atoms with van der Waals surface area (Å²) in [5, 5.41) is 15.1. The molecule has 0 saturated carbocycles. The van der Waals surface area contributed by atoms with Crippen LogP contribution in [0.3, 0.4) is 0 Å². The third-order valence-corrected chi connectivity index (χ3v) is 5.07. The van der Waals surface area contributed by atoms with Crippen LogP contribution in [0.1, 0.15) is 5.56 Å². The summed E-state index contributed by atoms with van der Waals surface area (Å²) in [5.41, 5.74) is 0.150. The van der Waals surface area contributed by atoms with Crippen LogP contribution in [0.2, 0.25) is 0 Å². The average Bonchev–Trinajstić information content (AvgIpc) is 2.91. The van der Waals surface area contributed by atoms with E-state index >= 15 is 0 Å². The number of nitro benzene ring substituents is 1. The maximum atomic E-state index is 12.6. The molecule has 23 heavy (non-hydrogen) atoms. The van der Waals surface area contributed by atoms with Gasteiger partial charge in [0.05, 0.1) is 24.3 Å². The first-order valence-electron chi connectivity index (χ1n) is 6.52. The van der Waals surface area contributed by atoms with Gasteiger partial charge in [0, 0.05) is 32.4 Å². The van der Waals surface area contributed by atoms with Crippen LogP contribution in [0.5, 0.6) is 5.75 Å². The lowest BCUT2D eigenvalue weighted by Crippen LogP contribution is -2.27. The van der Waals surface area contributed by atoms with Gasteiger partial charge >= 0.3 is 0 Å². The van der Waals surface area contributed by atoms with Gasteiger partial charge in [0.25, 0.3) is 5.69 Å². The van der Waals surface area contributed by atoms with Crippen LogP contribution in [0.15, 0.2) is 35.5 Å². The summed E-state index contributed by atoms with van der Waals surface area (Å²) < 4.78 is 32.7. The molecule has 0 saturated heterocycles. The Bertz CT molecular complexity index is 831. The van der Waals surface area contributed by atoms with Gasteiger partial charge in [-0.3, -0.25) is 14.8 Å². The zero-order valence-corrected chi connectivity index (χ0v) is 13.6. The van der Waals surface area contributed by atoms with E-state index in [0.717, 1.165) is 10.4 Å². The van der Waals surface area contributed by atoms with E-state index in [0.29, 0.717) is 5.56 Å². The highest BCUT2D eigenvalue weighted by Crippen LogP contribution is 2.30. The normalized spacial score (nSPS) is 11.7. The summed E-state index contributed by atoms with van der Waals surface area (Å²) in [4.78, 5) is 10.1. The Morgan fingerprint density at radius 3 is 2.65 bits per heavy atom. The predicted octanol–water partition coefficient (Wildman–Crippen LogP) is 1.16. The molecule has 0 spiro atoms. The van der Waals surface area contributed by atoms with Crippen molar-refractivity contribution >= 4 is 15.7 Å². The van der Waals surface area contributed by atoms with E-state index in [1.807, 2.05) is 0 Å². The molecule has 124 valence electrons. The lowest BCUT2D eigenvalue weighted by molar-refractivity contribution is -0.387. The molecule has 0 fully saturated rings. The van der Waals surface area contributed by atoms with Crippen LogP contribution in [0.4, 0.5) is 5.69 Å². The number of hydrogen-bond donors (Lipinski definition) is 0. The van der Waals surface area contributed by atoms with Crippen LogP contribution in [-0.4, -0.2) is 41.6 Å². The minimum Gasteiger partial charge on any atom is -0.497 e. The zero-order valence-electron chi connectivity index (χ0n) is 12.8. The Hall–Kier alpha value is -2.46. The number of nitro groups is 1. The lowest BCUT2D eigenvalue weighted by atomic mass is 10.3. The van der Waals surface area contributed by atoms with Gasteiger partial charge in [-0.2, -0.15) is 9.40 Å². The first-order valence-corrected chi connectivity index (χ1v) is 7.96. The fourth-order valence-electron chi connectivity index (χ4n) is 2.05. The molecule has 0 unspecified atom stereocenters. The maximum absolute atomic E-state index is 12.6. The minimum atomic E-state index is -4.03. The van der Waals surface area contributed by atoms with Crippen molar-refractivity contribution in [2.75, 3.05) is 14.2 Å². The Labute approximate surface area is 133 Å². The molecule has 0 aliphatic rings. The molecule has 0 aliphatic heterocycles. The number of rotatable bonds is 6. The molecule has 0 radical (unpaired) electrons. The van der Waals surface area contributed by atoms with Crippen LogP contribution in [0, 0.1) is 10.1 Å². The van der Waals surface area contributed by atoms with Gasteiger partial charge in [-0.1, -0.05) is 0 Å². The van der Waals surface area contributed by atoms with Crippen molar-refractivity contribution in [3.05, 3.63) is 46.3 Å². The first kappa shape index (κ1) is 16.9. The van der Waals surface area contributed by atoms with E-state index in [4.69, 9.17) is 4.74 Å². The second kappa shape index (κ2) is 6.34. The van der Waals surface area contributed by atoms with Crippen LogP contribution >= 0.6 is 0 Å². The second-order valence-electron chi connectivity index (χ2n) is 4.87. The van der Waals surface area contributed by atoms with Crippen molar-refractivity contribution in [2.45, 2.75) is 11.4 Å². The first-order chi connectivity index (χ1) is 10.8. The molecule has 1 aromatic carbocycles. The number of hydrogen-bond acceptors (Lipinski definition) is 6. The molecular formula is C13H16N4O5S. The quantitative estimate of drug-likeness (QED) is 0.577. The lowest BCUT2D eigenvalue weighted by Gasteiger charge is -2.16. The Kier molecular flexibility index (Phi) is 4.66. The molecule has 0 aliphatic carbocycles. The van der Waals surface area contributed by atoms with Gasteiger partial charge in [-0.05, 0) is 12.1 Å². The monoisotopic (exact) mass is 340 g/mol. The summed E-state index contributed by atoms with van der Waals surface area (Å²) in [6, 6.07) is 3.63. The fourth-order valence-corrected chi connectivity index (χ4v) is 3.34. The molecule has 2 aromatic rings. The van der Waals surface area contributed by atoms with E-state index in [-0.39, 0.29) is 17.2 Å². The van der Waals surface area contributed by atoms with Crippen LogP contribution < -0.4 is 4.74 Å². The number of benzene rings is 1. The highest BCUT2D eigenvalue weighted by atomic mass is 32.2. The summed E-state index contributed by atoms with van der Waals surface area (Å²) in [5.74, 6) is 0.213. The number of methoxy groups -OCH3 is 1. The number of ether oxygens (including phenoxy) is 1. The van der Waals surface area contributed by atoms with E-state index in [2.05, 4.69) is 5.10 Å².